The average molecular weight is 941 g/mol. The monoisotopic (exact) mass is 940 g/mol. The van der Waals surface area contributed by atoms with Gasteiger partial charge < -0.3 is 24.6 Å². The van der Waals surface area contributed by atoms with Crippen LogP contribution in [0.25, 0.3) is 22.3 Å². The molecule has 2 aliphatic heterocycles. The normalized spacial score (nSPS) is 14.5. The zero-order valence-corrected chi connectivity index (χ0v) is 37.7. The highest BCUT2D eigenvalue weighted by atomic mass is 32.2. The van der Waals surface area contributed by atoms with Gasteiger partial charge in [-0.2, -0.15) is 0 Å². The number of ether oxygens (including phenoxy) is 2. The molecular formula is C45H44N6O9S4. The minimum atomic E-state index is -4.34. The first-order valence-corrected chi connectivity index (χ1v) is 25.1. The number of anilines is 3. The highest BCUT2D eigenvalue weighted by molar-refractivity contribution is 7.93. The van der Waals surface area contributed by atoms with Crippen LogP contribution < -0.4 is 14.3 Å². The van der Waals surface area contributed by atoms with Crippen LogP contribution in [-0.4, -0.2) is 108 Å². The summed E-state index contributed by atoms with van der Waals surface area (Å²) < 4.78 is 70.4. The van der Waals surface area contributed by atoms with Gasteiger partial charge in [-0.05, 0) is 92.7 Å². The molecule has 3 amide bonds. The Hall–Kier alpha value is -5.96. The van der Waals surface area contributed by atoms with Crippen molar-refractivity contribution in [3.8, 4) is 22.3 Å². The summed E-state index contributed by atoms with van der Waals surface area (Å²) in [6.45, 7) is 3.04. The number of benzene rings is 3. The lowest BCUT2D eigenvalue weighted by molar-refractivity contribution is -0.135. The van der Waals surface area contributed by atoms with Gasteiger partial charge in [0.05, 0.1) is 60.4 Å². The Kier molecular flexibility index (Phi) is 13.8. The van der Waals surface area contributed by atoms with Gasteiger partial charge in [0.25, 0.3) is 20.0 Å². The van der Waals surface area contributed by atoms with E-state index in [0.717, 1.165) is 15.4 Å². The largest absolute Gasteiger partial charge is 0.378 e. The molecule has 0 radical (unpaired) electrons. The van der Waals surface area contributed by atoms with Crippen molar-refractivity contribution >= 4 is 77.5 Å². The van der Waals surface area contributed by atoms with Crippen LogP contribution in [0.4, 0.5) is 17.1 Å². The molecule has 8 rings (SSSR count). The molecule has 0 saturated carbocycles. The van der Waals surface area contributed by atoms with Gasteiger partial charge in [0.15, 0.2) is 0 Å². The number of aromatic nitrogens is 1. The van der Waals surface area contributed by atoms with Crippen molar-refractivity contribution in [2.75, 3.05) is 73.5 Å². The molecule has 332 valence electrons. The number of carbonyl (C=O) groups is 3. The molecule has 0 aliphatic carbocycles. The number of nitrogens with zero attached hydrogens (tertiary/aromatic N) is 4. The van der Waals surface area contributed by atoms with E-state index in [1.165, 1.54) is 46.9 Å². The molecule has 3 aromatic heterocycles. The second kappa shape index (κ2) is 19.8. The van der Waals surface area contributed by atoms with Crippen LogP contribution in [0.2, 0.25) is 0 Å². The maximum Gasteiger partial charge on any atom is 0.264 e. The standard InChI is InChI=1S/C45H44N6O9S4/c52-43(27-51(42-31-62-29-37(42)26-45(54)50-18-22-60-23-19-50)64(57,58)40-10-6-32(7-11-40)34-12-14-46-15-13-34)47-38-3-1-2-35(24-38)33-4-8-39(9-5-33)63(55,56)48-41-30-61-28-36(41)25-44(53)49-16-20-59-21-17-49/h1-15,24,28-31,48H,16-23,25-27H2,(H,47,52). The van der Waals surface area contributed by atoms with Crippen molar-refractivity contribution in [1.29, 1.82) is 0 Å². The third-order valence-corrected chi connectivity index (χ3v) is 15.5. The summed E-state index contributed by atoms with van der Waals surface area (Å²) in [4.78, 5) is 47.5. The Balaban J connectivity index is 0.981. The van der Waals surface area contributed by atoms with Gasteiger partial charge in [-0.15, -0.1) is 22.7 Å². The highest BCUT2D eigenvalue weighted by Crippen LogP contribution is 2.33. The first kappa shape index (κ1) is 44.6. The molecule has 6 aromatic rings. The van der Waals surface area contributed by atoms with Crippen LogP contribution in [0.3, 0.4) is 0 Å². The van der Waals surface area contributed by atoms with Crippen LogP contribution >= 0.6 is 22.7 Å². The molecule has 0 spiro atoms. The zero-order chi connectivity index (χ0) is 44.7. The fraction of sp³-hybridized carbons (Fsp3) is 0.244. The van der Waals surface area contributed by atoms with Gasteiger partial charge in [0.1, 0.15) is 6.54 Å². The fourth-order valence-electron chi connectivity index (χ4n) is 7.32. The molecule has 2 aliphatic rings. The molecule has 2 saturated heterocycles. The number of thiophene rings is 2. The van der Waals surface area contributed by atoms with Gasteiger partial charge in [0, 0.05) is 55.0 Å². The summed E-state index contributed by atoms with van der Waals surface area (Å²) in [5.74, 6) is -0.896. The van der Waals surface area contributed by atoms with Crippen molar-refractivity contribution < 1.29 is 40.7 Å². The van der Waals surface area contributed by atoms with E-state index in [2.05, 4.69) is 15.0 Å². The molecule has 0 atom stereocenters. The summed E-state index contributed by atoms with van der Waals surface area (Å²) in [7, 11) is -8.35. The molecule has 64 heavy (non-hydrogen) atoms. The van der Waals surface area contributed by atoms with Crippen molar-refractivity contribution in [1.82, 2.24) is 14.8 Å². The summed E-state index contributed by atoms with van der Waals surface area (Å²) in [6.07, 6.45) is 3.30. The Morgan fingerprint density at radius 1 is 0.641 bits per heavy atom. The van der Waals surface area contributed by atoms with E-state index in [-0.39, 0.29) is 40.1 Å². The van der Waals surface area contributed by atoms with E-state index in [4.69, 9.17) is 9.47 Å². The summed E-state index contributed by atoms with van der Waals surface area (Å²) >= 11 is 2.54. The molecular weight excluding hydrogens is 897 g/mol. The fourth-order valence-corrected chi connectivity index (χ4v) is 11.6. The topological polar surface area (TPSA) is 185 Å². The molecule has 15 nitrogen and oxygen atoms in total. The van der Waals surface area contributed by atoms with E-state index in [9.17, 15) is 31.2 Å². The number of morpholine rings is 2. The van der Waals surface area contributed by atoms with Gasteiger partial charge in [-0.25, -0.2) is 16.8 Å². The quantitative estimate of drug-likeness (QED) is 0.124. The van der Waals surface area contributed by atoms with Crippen molar-refractivity contribution in [2.45, 2.75) is 22.6 Å². The van der Waals surface area contributed by atoms with Crippen molar-refractivity contribution in [3.05, 3.63) is 130 Å². The van der Waals surface area contributed by atoms with E-state index >= 15 is 0 Å². The SMILES string of the molecule is O=C(CN(c1cscc1CC(=O)N1CCOCC1)S(=O)(=O)c1ccc(-c2ccncc2)cc1)Nc1cccc(-c2ccc(S(=O)(=O)Nc3cscc3CC(=O)N3CCOCC3)cc2)c1. The number of rotatable bonds is 15. The molecule has 5 heterocycles. The molecule has 0 unspecified atom stereocenters. The first-order chi connectivity index (χ1) is 30.9. The minimum Gasteiger partial charge on any atom is -0.378 e. The van der Waals surface area contributed by atoms with Gasteiger partial charge >= 0.3 is 0 Å². The maximum absolute atomic E-state index is 14.5. The van der Waals surface area contributed by atoms with Crippen molar-refractivity contribution in [2.24, 2.45) is 0 Å². The second-order valence-corrected chi connectivity index (χ2v) is 20.0. The predicted octanol–water partition coefficient (Wildman–Crippen LogP) is 5.98. The van der Waals surface area contributed by atoms with E-state index < -0.39 is 32.5 Å². The maximum atomic E-state index is 14.5. The number of amides is 3. The van der Waals surface area contributed by atoms with Gasteiger partial charge in [0.2, 0.25) is 17.7 Å². The highest BCUT2D eigenvalue weighted by Gasteiger charge is 2.31. The second-order valence-electron chi connectivity index (χ2n) is 15.0. The summed E-state index contributed by atoms with van der Waals surface area (Å²) in [5.41, 5.74) is 4.99. The molecule has 0 bridgehead atoms. The molecule has 19 heteroatoms. The summed E-state index contributed by atoms with van der Waals surface area (Å²) in [5, 5.41) is 9.62. The number of hydrogen-bond acceptors (Lipinski definition) is 12. The Morgan fingerprint density at radius 3 is 1.83 bits per heavy atom. The first-order valence-electron chi connectivity index (χ1n) is 20.3. The van der Waals surface area contributed by atoms with E-state index in [1.807, 2.05) is 12.1 Å². The number of carbonyl (C=O) groups excluding carboxylic acids is 3. The number of hydrogen-bond donors (Lipinski definition) is 2. The van der Waals surface area contributed by atoms with Crippen molar-refractivity contribution in [3.63, 3.8) is 0 Å². The lowest BCUT2D eigenvalue weighted by Gasteiger charge is -2.28. The van der Waals surface area contributed by atoms with Crippen LogP contribution in [-0.2, 0) is 56.7 Å². The minimum absolute atomic E-state index is 0.0186. The lowest BCUT2D eigenvalue weighted by atomic mass is 10.1. The molecule has 3 aromatic carbocycles. The Labute approximate surface area is 379 Å². The van der Waals surface area contributed by atoms with Crippen LogP contribution in [0.1, 0.15) is 11.1 Å². The Bertz CT molecular complexity index is 2820. The summed E-state index contributed by atoms with van der Waals surface area (Å²) in [6, 6.07) is 23.1. The van der Waals surface area contributed by atoms with Crippen LogP contribution in [0.5, 0.6) is 0 Å². The molecule has 2 N–H and O–H groups in total. The van der Waals surface area contributed by atoms with E-state index in [0.29, 0.717) is 86.2 Å². The van der Waals surface area contributed by atoms with E-state index in [1.54, 1.807) is 92.2 Å². The smallest absolute Gasteiger partial charge is 0.264 e. The average Bonchev–Trinajstić information content (AvgIpc) is 3.97. The lowest BCUT2D eigenvalue weighted by Crippen LogP contribution is -2.42. The van der Waals surface area contributed by atoms with Gasteiger partial charge in [-0.1, -0.05) is 36.4 Å². The number of nitrogens with one attached hydrogen (secondary N) is 2. The molecule has 2 fully saturated rings. The van der Waals surface area contributed by atoms with Crippen LogP contribution in [0.15, 0.2) is 129 Å². The zero-order valence-electron chi connectivity index (χ0n) is 34.4. The predicted molar refractivity (Wildman–Crippen MR) is 246 cm³/mol. The Morgan fingerprint density at radius 2 is 1.19 bits per heavy atom. The third-order valence-electron chi connectivity index (χ3n) is 10.8. The number of pyridine rings is 1. The third kappa shape index (κ3) is 10.5. The van der Waals surface area contributed by atoms with Crippen LogP contribution in [0, 0.1) is 0 Å². The number of sulfonamides is 2. The van der Waals surface area contributed by atoms with Gasteiger partial charge in [-0.3, -0.25) is 28.4 Å².